The Morgan fingerprint density at radius 2 is 2.05 bits per heavy atom. The predicted molar refractivity (Wildman–Crippen MR) is 75.6 cm³/mol. The van der Waals surface area contributed by atoms with Crippen LogP contribution in [0.25, 0.3) is 0 Å². The topological polar surface area (TPSA) is 48.7 Å². The molecule has 6 heteroatoms. The molecule has 2 aromatic rings. The highest BCUT2D eigenvalue weighted by Crippen LogP contribution is 2.19. The molecular formula is C16H14F3N3. The van der Waals surface area contributed by atoms with E-state index < -0.39 is 12.2 Å². The minimum Gasteiger partial charge on any atom is -0.306 e. The van der Waals surface area contributed by atoms with Crippen molar-refractivity contribution in [1.29, 1.82) is 5.26 Å². The van der Waals surface area contributed by atoms with Gasteiger partial charge in [0.1, 0.15) is 17.6 Å². The second-order valence-electron chi connectivity index (χ2n) is 4.85. The van der Waals surface area contributed by atoms with Crippen LogP contribution in [0.3, 0.4) is 0 Å². The first-order valence-corrected chi connectivity index (χ1v) is 6.67. The van der Waals surface area contributed by atoms with Gasteiger partial charge in [-0.25, -0.2) is 13.2 Å². The van der Waals surface area contributed by atoms with Crippen molar-refractivity contribution in [3.63, 3.8) is 0 Å². The van der Waals surface area contributed by atoms with Crippen LogP contribution < -0.4 is 5.32 Å². The van der Waals surface area contributed by atoms with Gasteiger partial charge in [0, 0.05) is 18.8 Å². The number of halogens is 3. The molecule has 1 atom stereocenters. The molecule has 2 rings (SSSR count). The Balaban J connectivity index is 1.99. The van der Waals surface area contributed by atoms with Gasteiger partial charge in [-0.3, -0.25) is 4.98 Å². The zero-order valence-corrected chi connectivity index (χ0v) is 11.9. The average molecular weight is 305 g/mol. The number of nitrogens with one attached hydrogen (secondary N) is 1. The molecule has 0 aliphatic carbocycles. The van der Waals surface area contributed by atoms with E-state index in [4.69, 9.17) is 5.26 Å². The largest absolute Gasteiger partial charge is 0.306 e. The summed E-state index contributed by atoms with van der Waals surface area (Å²) < 4.78 is 38.4. The molecule has 1 aromatic carbocycles. The molecule has 0 radical (unpaired) electrons. The highest BCUT2D eigenvalue weighted by atomic mass is 19.3. The van der Waals surface area contributed by atoms with Crippen molar-refractivity contribution in [2.45, 2.75) is 25.9 Å². The monoisotopic (exact) mass is 305 g/mol. The van der Waals surface area contributed by atoms with Crippen LogP contribution in [0.4, 0.5) is 13.2 Å². The number of benzene rings is 1. The number of nitrogens with zero attached hydrogens (tertiary/aromatic N) is 2. The molecule has 0 saturated heterocycles. The minimum atomic E-state index is -2.58. The van der Waals surface area contributed by atoms with Crippen molar-refractivity contribution in [2.75, 3.05) is 0 Å². The van der Waals surface area contributed by atoms with Gasteiger partial charge in [0.15, 0.2) is 0 Å². The summed E-state index contributed by atoms with van der Waals surface area (Å²) in [7, 11) is 0. The van der Waals surface area contributed by atoms with Crippen molar-refractivity contribution in [2.24, 2.45) is 0 Å². The molecule has 22 heavy (non-hydrogen) atoms. The number of hydrogen-bond donors (Lipinski definition) is 1. The van der Waals surface area contributed by atoms with E-state index in [1.807, 2.05) is 6.92 Å². The molecule has 0 aliphatic heterocycles. The predicted octanol–water partition coefficient (Wildman–Crippen LogP) is 3.88. The summed E-state index contributed by atoms with van der Waals surface area (Å²) in [6.07, 6.45) is -1.18. The normalized spacial score (nSPS) is 12.2. The number of hydrogen-bond acceptors (Lipinski definition) is 3. The van der Waals surface area contributed by atoms with Gasteiger partial charge in [-0.15, -0.1) is 0 Å². The molecule has 0 bridgehead atoms. The maximum atomic E-state index is 13.5. The summed E-state index contributed by atoms with van der Waals surface area (Å²) in [5.41, 5.74) is 1.20. The van der Waals surface area contributed by atoms with Crippen LogP contribution in [0.1, 0.15) is 41.8 Å². The molecule has 1 aromatic heterocycles. The third-order valence-corrected chi connectivity index (χ3v) is 3.30. The van der Waals surface area contributed by atoms with Gasteiger partial charge in [-0.1, -0.05) is 12.1 Å². The van der Waals surface area contributed by atoms with E-state index in [1.165, 1.54) is 24.4 Å². The quantitative estimate of drug-likeness (QED) is 0.912. The molecule has 3 nitrogen and oxygen atoms in total. The second-order valence-corrected chi connectivity index (χ2v) is 4.85. The molecule has 0 amide bonds. The van der Waals surface area contributed by atoms with Crippen LogP contribution in [0, 0.1) is 17.1 Å². The summed E-state index contributed by atoms with van der Waals surface area (Å²) in [6.45, 7) is 2.25. The van der Waals surface area contributed by atoms with Crippen molar-refractivity contribution >= 4 is 0 Å². The maximum absolute atomic E-state index is 13.5. The first-order chi connectivity index (χ1) is 10.5. The maximum Gasteiger partial charge on any atom is 0.280 e. The highest BCUT2D eigenvalue weighted by molar-refractivity contribution is 5.33. The van der Waals surface area contributed by atoms with Crippen LogP contribution in [0.2, 0.25) is 0 Å². The Morgan fingerprint density at radius 3 is 2.59 bits per heavy atom. The number of nitriles is 1. The zero-order valence-electron chi connectivity index (χ0n) is 11.9. The summed E-state index contributed by atoms with van der Waals surface area (Å²) in [6, 6.07) is 8.91. The fourth-order valence-electron chi connectivity index (χ4n) is 1.95. The summed E-state index contributed by atoms with van der Waals surface area (Å²) in [4.78, 5) is 3.71. The molecular weight excluding hydrogens is 291 g/mol. The Morgan fingerprint density at radius 1 is 1.27 bits per heavy atom. The van der Waals surface area contributed by atoms with E-state index in [0.717, 1.165) is 5.56 Å². The van der Waals surface area contributed by atoms with Crippen molar-refractivity contribution in [1.82, 2.24) is 10.3 Å². The third kappa shape index (κ3) is 3.83. The van der Waals surface area contributed by atoms with Crippen molar-refractivity contribution in [3.8, 4) is 6.07 Å². The third-order valence-electron chi connectivity index (χ3n) is 3.30. The van der Waals surface area contributed by atoms with E-state index in [0.29, 0.717) is 12.1 Å². The number of alkyl halides is 2. The lowest BCUT2D eigenvalue weighted by atomic mass is 10.1. The van der Waals surface area contributed by atoms with Crippen molar-refractivity contribution in [3.05, 3.63) is 64.7 Å². The lowest BCUT2D eigenvalue weighted by Crippen LogP contribution is -2.18. The van der Waals surface area contributed by atoms with Crippen LogP contribution in [0.15, 0.2) is 36.5 Å². The molecule has 1 unspecified atom stereocenters. The van der Waals surface area contributed by atoms with Crippen LogP contribution in [-0.4, -0.2) is 4.98 Å². The number of pyridine rings is 1. The van der Waals surface area contributed by atoms with E-state index in [9.17, 15) is 13.2 Å². The highest BCUT2D eigenvalue weighted by Gasteiger charge is 2.11. The van der Waals surface area contributed by atoms with E-state index in [1.54, 1.807) is 18.2 Å². The van der Waals surface area contributed by atoms with Crippen LogP contribution in [0.5, 0.6) is 0 Å². The van der Waals surface area contributed by atoms with E-state index >= 15 is 0 Å². The summed E-state index contributed by atoms with van der Waals surface area (Å²) in [5.74, 6) is -0.558. The van der Waals surface area contributed by atoms with Gasteiger partial charge in [0.05, 0.1) is 5.56 Å². The Hall–Kier alpha value is -2.39. The van der Waals surface area contributed by atoms with Crippen LogP contribution in [-0.2, 0) is 6.54 Å². The molecule has 114 valence electrons. The average Bonchev–Trinajstić information content (AvgIpc) is 2.52. The van der Waals surface area contributed by atoms with Gasteiger partial charge < -0.3 is 5.32 Å². The number of aromatic nitrogens is 1. The van der Waals surface area contributed by atoms with Gasteiger partial charge in [-0.05, 0) is 36.2 Å². The van der Waals surface area contributed by atoms with Gasteiger partial charge in [-0.2, -0.15) is 5.26 Å². The Kier molecular flexibility index (Phi) is 5.12. The fraction of sp³-hybridized carbons (Fsp3) is 0.250. The SMILES string of the molecule is CC(NCc1ccc(C#N)c(F)c1)c1ccc(C(F)F)nc1. The lowest BCUT2D eigenvalue weighted by Gasteiger charge is -2.14. The van der Waals surface area contributed by atoms with Gasteiger partial charge in [0.25, 0.3) is 6.43 Å². The molecule has 0 saturated carbocycles. The zero-order chi connectivity index (χ0) is 16.1. The van der Waals surface area contributed by atoms with Gasteiger partial charge in [0.2, 0.25) is 0 Å². The fourth-order valence-corrected chi connectivity index (χ4v) is 1.95. The van der Waals surface area contributed by atoms with E-state index in [2.05, 4.69) is 10.3 Å². The molecule has 0 aliphatic rings. The molecule has 1 N–H and O–H groups in total. The first kappa shape index (κ1) is 16.0. The Bertz CT molecular complexity index is 678. The molecule has 0 fully saturated rings. The van der Waals surface area contributed by atoms with Crippen LogP contribution >= 0.6 is 0 Å². The summed E-state index contributed by atoms with van der Waals surface area (Å²) in [5, 5.41) is 11.8. The number of rotatable bonds is 5. The second kappa shape index (κ2) is 7.05. The van der Waals surface area contributed by atoms with Gasteiger partial charge >= 0.3 is 0 Å². The summed E-state index contributed by atoms with van der Waals surface area (Å²) >= 11 is 0. The first-order valence-electron chi connectivity index (χ1n) is 6.67. The lowest BCUT2D eigenvalue weighted by molar-refractivity contribution is 0.146. The minimum absolute atomic E-state index is 0.00332. The molecule has 0 spiro atoms. The molecule has 1 heterocycles. The smallest absolute Gasteiger partial charge is 0.280 e. The standard InChI is InChI=1S/C16H14F3N3/c1-10(13-4-5-15(16(18)19)22-9-13)21-8-11-2-3-12(7-20)14(17)6-11/h2-6,9-10,16,21H,8H2,1H3. The Labute approximate surface area is 126 Å². The van der Waals surface area contributed by atoms with Crippen molar-refractivity contribution < 1.29 is 13.2 Å². The van der Waals surface area contributed by atoms with E-state index in [-0.39, 0.29) is 17.3 Å².